The van der Waals surface area contributed by atoms with Gasteiger partial charge < -0.3 is 31.1 Å². The zero-order valence-electron chi connectivity index (χ0n) is 26.3. The molecule has 9 nitrogen and oxygen atoms in total. The predicted octanol–water partition coefficient (Wildman–Crippen LogP) is 4.55. The Labute approximate surface area is 271 Å². The molecular formula is C37H43N7O2. The third-order valence-electron chi connectivity index (χ3n) is 8.59. The maximum Gasteiger partial charge on any atom is 0.225 e. The van der Waals surface area contributed by atoms with Gasteiger partial charge in [-0.2, -0.15) is 0 Å². The molecule has 0 radical (unpaired) electrons. The number of rotatable bonds is 11. The Morgan fingerprint density at radius 3 is 1.43 bits per heavy atom. The molecule has 238 valence electrons. The number of amides is 2. The molecule has 0 spiro atoms. The lowest BCUT2D eigenvalue weighted by Gasteiger charge is -2.26. The zero-order valence-corrected chi connectivity index (χ0v) is 26.3. The Morgan fingerprint density at radius 2 is 1.00 bits per heavy atom. The fraction of sp³-hybridized carbons (Fsp3) is 0.324. The third-order valence-corrected chi connectivity index (χ3v) is 8.59. The minimum atomic E-state index is 0.0250. The molecule has 0 bridgehead atoms. The smallest absolute Gasteiger partial charge is 0.225 e. The quantitative estimate of drug-likeness (QED) is 0.196. The van der Waals surface area contributed by atoms with Crippen LogP contribution in [0.2, 0.25) is 0 Å². The van der Waals surface area contributed by atoms with Crippen LogP contribution in [0.25, 0.3) is 33.6 Å². The minimum Gasteiger partial charge on any atom is -0.326 e. The van der Waals surface area contributed by atoms with Gasteiger partial charge in [0.25, 0.3) is 0 Å². The van der Waals surface area contributed by atoms with E-state index in [2.05, 4.69) is 55.3 Å². The second-order valence-corrected chi connectivity index (χ2v) is 11.9. The van der Waals surface area contributed by atoms with Crippen molar-refractivity contribution in [3.63, 3.8) is 0 Å². The maximum absolute atomic E-state index is 12.6. The fourth-order valence-corrected chi connectivity index (χ4v) is 5.91. The molecule has 4 N–H and O–H groups in total. The first-order valence-electron chi connectivity index (χ1n) is 16.3. The van der Waals surface area contributed by atoms with Crippen molar-refractivity contribution in [3.8, 4) is 33.6 Å². The van der Waals surface area contributed by atoms with Crippen molar-refractivity contribution < 1.29 is 9.59 Å². The first-order valence-corrected chi connectivity index (χ1v) is 16.3. The molecule has 3 heterocycles. The molecule has 4 aromatic rings. The predicted molar refractivity (Wildman–Crippen MR) is 186 cm³/mol. The van der Waals surface area contributed by atoms with Crippen LogP contribution in [0.15, 0.2) is 91.0 Å². The molecule has 3 aromatic carbocycles. The third kappa shape index (κ3) is 8.86. The van der Waals surface area contributed by atoms with E-state index in [4.69, 9.17) is 4.98 Å². The summed E-state index contributed by atoms with van der Waals surface area (Å²) in [5.41, 5.74) is 7.34. The summed E-state index contributed by atoms with van der Waals surface area (Å²) >= 11 is 0. The van der Waals surface area contributed by atoms with Crippen LogP contribution in [-0.2, 0) is 9.59 Å². The number of pyridine rings is 1. The van der Waals surface area contributed by atoms with Gasteiger partial charge in [0.15, 0.2) is 0 Å². The molecule has 6 rings (SSSR count). The van der Waals surface area contributed by atoms with Gasteiger partial charge >= 0.3 is 0 Å². The second-order valence-electron chi connectivity index (χ2n) is 11.9. The van der Waals surface area contributed by atoms with Crippen LogP contribution in [0.4, 0.5) is 11.4 Å². The molecule has 0 saturated carbocycles. The topological polar surface area (TPSA) is 102 Å². The van der Waals surface area contributed by atoms with E-state index >= 15 is 0 Å². The molecule has 0 atom stereocenters. The summed E-state index contributed by atoms with van der Waals surface area (Å²) in [6.45, 7) is 9.39. The van der Waals surface area contributed by atoms with Gasteiger partial charge in [-0.3, -0.25) is 9.59 Å². The number of piperazine rings is 2. The van der Waals surface area contributed by atoms with Crippen LogP contribution >= 0.6 is 0 Å². The number of nitrogens with one attached hydrogen (secondary N) is 4. The molecule has 46 heavy (non-hydrogen) atoms. The SMILES string of the molecule is O=C(CCN1CCNCC1)Nc1ccc(-c2cc(-c3ccccc3)cc(-c3ccc(NC(=O)CCN4CCNCC4)cc3)n2)cc1. The zero-order chi connectivity index (χ0) is 31.6. The number of nitrogens with zero attached hydrogens (tertiary/aromatic N) is 3. The van der Waals surface area contributed by atoms with E-state index in [1.807, 2.05) is 66.7 Å². The molecule has 0 aliphatic carbocycles. The lowest BCUT2D eigenvalue weighted by molar-refractivity contribution is -0.117. The number of anilines is 2. The van der Waals surface area contributed by atoms with E-state index in [0.717, 1.165) is 110 Å². The summed E-state index contributed by atoms with van der Waals surface area (Å²) < 4.78 is 0. The highest BCUT2D eigenvalue weighted by Gasteiger charge is 2.14. The Bertz CT molecular complexity index is 1480. The molecule has 2 saturated heterocycles. The monoisotopic (exact) mass is 617 g/mol. The summed E-state index contributed by atoms with van der Waals surface area (Å²) in [5.74, 6) is 0.0499. The standard InChI is InChI=1S/C37H43N7O2/c45-36(14-20-43-22-16-38-17-23-43)40-32-10-6-29(7-11-32)34-26-31(28-4-2-1-3-5-28)27-35(42-34)30-8-12-33(13-9-30)41-37(46)15-21-44-24-18-39-19-25-44/h1-13,26-27,38-39H,14-25H2,(H,40,45)(H,41,46). The molecule has 1 aromatic heterocycles. The van der Waals surface area contributed by atoms with Gasteiger partial charge in [-0.1, -0.05) is 54.6 Å². The fourth-order valence-electron chi connectivity index (χ4n) is 5.91. The van der Waals surface area contributed by atoms with Crippen molar-refractivity contribution in [3.05, 3.63) is 91.0 Å². The molecule has 9 heteroatoms. The van der Waals surface area contributed by atoms with E-state index in [1.54, 1.807) is 0 Å². The van der Waals surface area contributed by atoms with Gasteiger partial charge in [-0.05, 0) is 47.5 Å². The van der Waals surface area contributed by atoms with Gasteiger partial charge in [-0.15, -0.1) is 0 Å². The summed E-state index contributed by atoms with van der Waals surface area (Å²) in [6.07, 6.45) is 0.954. The summed E-state index contributed by atoms with van der Waals surface area (Å²) in [7, 11) is 0. The number of benzene rings is 3. The molecule has 2 aliphatic rings. The molecule has 2 aliphatic heterocycles. The number of hydrogen-bond acceptors (Lipinski definition) is 7. The van der Waals surface area contributed by atoms with Crippen molar-refractivity contribution >= 4 is 23.2 Å². The van der Waals surface area contributed by atoms with Crippen molar-refractivity contribution in [2.75, 3.05) is 76.1 Å². The van der Waals surface area contributed by atoms with Crippen LogP contribution in [0.1, 0.15) is 12.8 Å². The van der Waals surface area contributed by atoms with Crippen molar-refractivity contribution in [1.82, 2.24) is 25.4 Å². The highest BCUT2D eigenvalue weighted by molar-refractivity contribution is 5.92. The van der Waals surface area contributed by atoms with Crippen molar-refractivity contribution in [2.24, 2.45) is 0 Å². The summed E-state index contributed by atoms with van der Waals surface area (Å²) in [6, 6.07) is 30.3. The first kappa shape index (κ1) is 31.6. The van der Waals surface area contributed by atoms with Gasteiger partial charge in [-0.25, -0.2) is 4.98 Å². The Balaban J connectivity index is 1.14. The van der Waals surface area contributed by atoms with Crippen molar-refractivity contribution in [1.29, 1.82) is 0 Å². The number of hydrogen-bond donors (Lipinski definition) is 4. The Morgan fingerprint density at radius 1 is 0.565 bits per heavy atom. The summed E-state index contributed by atoms with van der Waals surface area (Å²) in [5, 5.41) is 12.8. The number of aromatic nitrogens is 1. The highest BCUT2D eigenvalue weighted by atomic mass is 16.2. The average molecular weight is 618 g/mol. The van der Waals surface area contributed by atoms with Crippen LogP contribution in [0.3, 0.4) is 0 Å². The maximum atomic E-state index is 12.6. The lowest BCUT2D eigenvalue weighted by Crippen LogP contribution is -2.44. The molecular weight excluding hydrogens is 574 g/mol. The molecule has 0 unspecified atom stereocenters. The van der Waals surface area contributed by atoms with Crippen LogP contribution in [0.5, 0.6) is 0 Å². The number of carbonyl (C=O) groups excluding carboxylic acids is 2. The second kappa shape index (κ2) is 15.7. The minimum absolute atomic E-state index is 0.0250. The van der Waals surface area contributed by atoms with Gasteiger partial charge in [0.1, 0.15) is 0 Å². The lowest BCUT2D eigenvalue weighted by atomic mass is 10.00. The van der Waals surface area contributed by atoms with E-state index in [-0.39, 0.29) is 11.8 Å². The van der Waals surface area contributed by atoms with E-state index in [9.17, 15) is 9.59 Å². The summed E-state index contributed by atoms with van der Waals surface area (Å²) in [4.78, 5) is 34.9. The first-order chi connectivity index (χ1) is 22.6. The van der Waals surface area contributed by atoms with E-state index in [1.165, 1.54) is 0 Å². The van der Waals surface area contributed by atoms with Gasteiger partial charge in [0.05, 0.1) is 11.4 Å². The van der Waals surface area contributed by atoms with Gasteiger partial charge in [0, 0.05) is 101 Å². The Hall–Kier alpha value is -4.41. The average Bonchev–Trinajstić information content (AvgIpc) is 3.11. The molecule has 2 amide bonds. The highest BCUT2D eigenvalue weighted by Crippen LogP contribution is 2.31. The van der Waals surface area contributed by atoms with E-state index in [0.29, 0.717) is 12.8 Å². The van der Waals surface area contributed by atoms with E-state index < -0.39 is 0 Å². The van der Waals surface area contributed by atoms with Crippen LogP contribution in [0, 0.1) is 0 Å². The number of carbonyl (C=O) groups is 2. The van der Waals surface area contributed by atoms with Gasteiger partial charge in [0.2, 0.25) is 11.8 Å². The molecule has 2 fully saturated rings. The van der Waals surface area contributed by atoms with Crippen LogP contribution in [-0.4, -0.2) is 92.0 Å². The van der Waals surface area contributed by atoms with Crippen LogP contribution < -0.4 is 21.3 Å². The normalized spacial score (nSPS) is 15.7. The Kier molecular flexibility index (Phi) is 10.8. The van der Waals surface area contributed by atoms with Crippen molar-refractivity contribution in [2.45, 2.75) is 12.8 Å². The largest absolute Gasteiger partial charge is 0.326 e.